The molecule has 0 saturated heterocycles. The molecule has 0 aliphatic carbocycles. The van der Waals surface area contributed by atoms with E-state index in [2.05, 4.69) is 20.2 Å². The Bertz CT molecular complexity index is 444. The summed E-state index contributed by atoms with van der Waals surface area (Å²) in [4.78, 5) is 7.70. The van der Waals surface area contributed by atoms with Crippen LogP contribution >= 0.6 is 0 Å². The molecular formula is C10H8FN5. The van der Waals surface area contributed by atoms with Gasteiger partial charge in [-0.2, -0.15) is 0 Å². The highest BCUT2D eigenvalue weighted by Gasteiger charge is 1.93. The van der Waals surface area contributed by atoms with E-state index in [0.717, 1.165) is 0 Å². The standard InChI is InChI=1S/C10H8FN5/c11-7-1-3-8(4-2-7)15-16-10-6-13-9(12)5-14-10/h1-6H,(H2,12,13). The van der Waals surface area contributed by atoms with Crippen LogP contribution in [0.1, 0.15) is 0 Å². The van der Waals surface area contributed by atoms with Crippen LogP contribution in [0.3, 0.4) is 0 Å². The number of halogens is 1. The second-order valence-electron chi connectivity index (χ2n) is 2.98. The molecule has 5 nitrogen and oxygen atoms in total. The molecule has 0 atom stereocenters. The van der Waals surface area contributed by atoms with E-state index in [1.54, 1.807) is 0 Å². The van der Waals surface area contributed by atoms with E-state index < -0.39 is 0 Å². The molecule has 0 aliphatic rings. The van der Waals surface area contributed by atoms with E-state index in [0.29, 0.717) is 17.3 Å². The lowest BCUT2D eigenvalue weighted by Crippen LogP contribution is -1.88. The molecule has 2 rings (SSSR count). The van der Waals surface area contributed by atoms with Gasteiger partial charge in [0.05, 0.1) is 18.1 Å². The number of azo groups is 1. The lowest BCUT2D eigenvalue weighted by molar-refractivity contribution is 0.628. The molecule has 1 heterocycles. The summed E-state index contributed by atoms with van der Waals surface area (Å²) in [5.41, 5.74) is 5.90. The summed E-state index contributed by atoms with van der Waals surface area (Å²) in [7, 11) is 0. The van der Waals surface area contributed by atoms with Crippen LogP contribution in [0.15, 0.2) is 46.9 Å². The first-order chi connectivity index (χ1) is 7.74. The summed E-state index contributed by atoms with van der Waals surface area (Å²) in [5, 5.41) is 7.68. The highest BCUT2D eigenvalue weighted by atomic mass is 19.1. The number of aromatic nitrogens is 2. The maximum Gasteiger partial charge on any atom is 0.193 e. The first kappa shape index (κ1) is 10.2. The van der Waals surface area contributed by atoms with Crippen molar-refractivity contribution in [2.45, 2.75) is 0 Å². The van der Waals surface area contributed by atoms with Crippen molar-refractivity contribution in [1.29, 1.82) is 0 Å². The van der Waals surface area contributed by atoms with E-state index in [1.807, 2.05) is 0 Å². The zero-order valence-electron chi connectivity index (χ0n) is 8.21. The number of rotatable bonds is 2. The Labute approximate surface area is 90.9 Å². The summed E-state index contributed by atoms with van der Waals surface area (Å²) in [6.45, 7) is 0. The maximum absolute atomic E-state index is 12.6. The number of hydrogen-bond acceptors (Lipinski definition) is 5. The van der Waals surface area contributed by atoms with Crippen molar-refractivity contribution in [2.24, 2.45) is 10.2 Å². The molecule has 0 fully saturated rings. The van der Waals surface area contributed by atoms with Gasteiger partial charge in [0.25, 0.3) is 0 Å². The van der Waals surface area contributed by atoms with Crippen molar-refractivity contribution in [2.75, 3.05) is 5.73 Å². The molecule has 0 bridgehead atoms. The normalized spacial score (nSPS) is 10.8. The van der Waals surface area contributed by atoms with Crippen LogP contribution in [0.4, 0.5) is 21.7 Å². The molecule has 16 heavy (non-hydrogen) atoms. The van der Waals surface area contributed by atoms with Gasteiger partial charge in [-0.15, -0.1) is 10.2 Å². The Kier molecular flexibility index (Phi) is 2.81. The maximum atomic E-state index is 12.6. The molecule has 1 aromatic heterocycles. The topological polar surface area (TPSA) is 76.5 Å². The lowest BCUT2D eigenvalue weighted by Gasteiger charge is -1.93. The first-order valence-electron chi connectivity index (χ1n) is 4.49. The summed E-state index contributed by atoms with van der Waals surface area (Å²) in [6, 6.07) is 5.65. The highest BCUT2D eigenvalue weighted by Crippen LogP contribution is 2.16. The van der Waals surface area contributed by atoms with Crippen molar-refractivity contribution in [3.05, 3.63) is 42.5 Å². The molecule has 0 spiro atoms. The summed E-state index contributed by atoms with van der Waals surface area (Å²) >= 11 is 0. The van der Waals surface area contributed by atoms with Crippen molar-refractivity contribution >= 4 is 17.3 Å². The molecule has 80 valence electrons. The Morgan fingerprint density at radius 1 is 1.00 bits per heavy atom. The van der Waals surface area contributed by atoms with Gasteiger partial charge < -0.3 is 5.73 Å². The Balaban J connectivity index is 2.15. The SMILES string of the molecule is Nc1cnc(N=Nc2ccc(F)cc2)cn1. The summed E-state index contributed by atoms with van der Waals surface area (Å²) < 4.78 is 12.6. The zero-order valence-corrected chi connectivity index (χ0v) is 8.21. The smallest absolute Gasteiger partial charge is 0.193 e. The quantitative estimate of drug-likeness (QED) is 0.785. The second kappa shape index (κ2) is 4.43. The minimum atomic E-state index is -0.314. The molecule has 2 aromatic rings. The molecule has 0 radical (unpaired) electrons. The van der Waals surface area contributed by atoms with E-state index in [1.165, 1.54) is 36.7 Å². The number of nitrogens with two attached hydrogens (primary N) is 1. The van der Waals surface area contributed by atoms with Gasteiger partial charge in [0.1, 0.15) is 11.6 Å². The first-order valence-corrected chi connectivity index (χ1v) is 4.49. The van der Waals surface area contributed by atoms with E-state index in [-0.39, 0.29) is 5.82 Å². The van der Waals surface area contributed by atoms with E-state index in [9.17, 15) is 4.39 Å². The molecule has 0 aliphatic heterocycles. The third-order valence-corrected chi connectivity index (χ3v) is 1.75. The van der Waals surface area contributed by atoms with Crippen LogP contribution in [0.5, 0.6) is 0 Å². The average molecular weight is 217 g/mol. The van der Waals surface area contributed by atoms with Crippen LogP contribution in [0.2, 0.25) is 0 Å². The van der Waals surface area contributed by atoms with E-state index >= 15 is 0 Å². The van der Waals surface area contributed by atoms with Crippen LogP contribution in [-0.4, -0.2) is 9.97 Å². The fourth-order valence-electron chi connectivity index (χ4n) is 1.000. The lowest BCUT2D eigenvalue weighted by atomic mass is 10.3. The minimum Gasteiger partial charge on any atom is -0.382 e. The Morgan fingerprint density at radius 3 is 2.38 bits per heavy atom. The number of hydrogen-bond donors (Lipinski definition) is 1. The summed E-state index contributed by atoms with van der Waals surface area (Å²) in [5.74, 6) is 0.352. The third kappa shape index (κ3) is 2.57. The van der Waals surface area contributed by atoms with Gasteiger partial charge >= 0.3 is 0 Å². The fraction of sp³-hybridized carbons (Fsp3) is 0. The Morgan fingerprint density at radius 2 is 1.75 bits per heavy atom. The fourth-order valence-corrected chi connectivity index (χ4v) is 1.000. The molecule has 1 aromatic carbocycles. The number of anilines is 1. The summed E-state index contributed by atoms with van der Waals surface area (Å²) in [6.07, 6.45) is 2.79. The average Bonchev–Trinajstić information content (AvgIpc) is 2.30. The van der Waals surface area contributed by atoms with Crippen molar-refractivity contribution in [3.8, 4) is 0 Å². The van der Waals surface area contributed by atoms with Gasteiger partial charge in [-0.25, -0.2) is 14.4 Å². The molecular weight excluding hydrogens is 209 g/mol. The molecule has 0 unspecified atom stereocenters. The minimum absolute atomic E-state index is 0.314. The largest absolute Gasteiger partial charge is 0.382 e. The predicted octanol–water partition coefficient (Wildman–Crippen LogP) is 2.61. The van der Waals surface area contributed by atoms with Gasteiger partial charge in [0.2, 0.25) is 0 Å². The van der Waals surface area contributed by atoms with Crippen LogP contribution in [-0.2, 0) is 0 Å². The van der Waals surface area contributed by atoms with Gasteiger partial charge in [0, 0.05) is 0 Å². The molecule has 0 saturated carbocycles. The van der Waals surface area contributed by atoms with E-state index in [4.69, 9.17) is 5.73 Å². The molecule has 0 amide bonds. The highest BCUT2D eigenvalue weighted by molar-refractivity contribution is 5.37. The second-order valence-corrected chi connectivity index (χ2v) is 2.98. The monoisotopic (exact) mass is 217 g/mol. The predicted molar refractivity (Wildman–Crippen MR) is 57.0 cm³/mol. The van der Waals surface area contributed by atoms with Gasteiger partial charge in [-0.1, -0.05) is 0 Å². The van der Waals surface area contributed by atoms with Crippen LogP contribution < -0.4 is 5.73 Å². The van der Waals surface area contributed by atoms with Crippen molar-refractivity contribution in [3.63, 3.8) is 0 Å². The van der Waals surface area contributed by atoms with Gasteiger partial charge in [-0.05, 0) is 24.3 Å². The zero-order chi connectivity index (χ0) is 11.4. The molecule has 2 N–H and O–H groups in total. The Hall–Kier alpha value is -2.37. The van der Waals surface area contributed by atoms with Crippen molar-refractivity contribution in [1.82, 2.24) is 9.97 Å². The van der Waals surface area contributed by atoms with Crippen LogP contribution in [0, 0.1) is 5.82 Å². The van der Waals surface area contributed by atoms with Gasteiger partial charge in [0.15, 0.2) is 5.82 Å². The number of nitrogen functional groups attached to an aromatic ring is 1. The molecule has 6 heteroatoms. The van der Waals surface area contributed by atoms with Crippen molar-refractivity contribution < 1.29 is 4.39 Å². The number of benzene rings is 1. The number of nitrogens with zero attached hydrogens (tertiary/aromatic N) is 4. The van der Waals surface area contributed by atoms with Crippen LogP contribution in [0.25, 0.3) is 0 Å². The third-order valence-electron chi connectivity index (χ3n) is 1.75. The van der Waals surface area contributed by atoms with Gasteiger partial charge in [-0.3, -0.25) is 0 Å².